The third-order valence-corrected chi connectivity index (χ3v) is 7.11. The zero-order valence-electron chi connectivity index (χ0n) is 18.7. The van der Waals surface area contributed by atoms with Gasteiger partial charge >= 0.3 is 0 Å². The van der Waals surface area contributed by atoms with Crippen LogP contribution < -0.4 is 20.7 Å². The van der Waals surface area contributed by atoms with Crippen molar-refractivity contribution < 1.29 is 28.2 Å². The number of piperidine rings is 1. The molecule has 0 radical (unpaired) electrons. The van der Waals surface area contributed by atoms with Crippen LogP contribution in [0.4, 0.5) is 4.39 Å². The van der Waals surface area contributed by atoms with Crippen molar-refractivity contribution in [2.24, 2.45) is 5.92 Å². The lowest BCUT2D eigenvalue weighted by molar-refractivity contribution is -0.127. The first kappa shape index (κ1) is 24.2. The van der Waals surface area contributed by atoms with Crippen molar-refractivity contribution >= 4 is 23.4 Å². The molecule has 5 rings (SSSR count). The number of fused-ring (bicyclic) bond motifs is 1. The van der Waals surface area contributed by atoms with Crippen LogP contribution >= 0.6 is 11.6 Å². The Balaban J connectivity index is 1.17. The molecule has 2 amide bonds. The van der Waals surface area contributed by atoms with Gasteiger partial charge in [-0.2, -0.15) is 0 Å². The fourth-order valence-corrected chi connectivity index (χ4v) is 5.23. The molecule has 3 atom stereocenters. The maximum atomic E-state index is 13.5. The van der Waals surface area contributed by atoms with Crippen LogP contribution in [0.5, 0.6) is 5.75 Å². The lowest BCUT2D eigenvalue weighted by Gasteiger charge is -2.40. The van der Waals surface area contributed by atoms with E-state index in [-0.39, 0.29) is 52.9 Å². The van der Waals surface area contributed by atoms with E-state index in [1.807, 2.05) is 0 Å². The van der Waals surface area contributed by atoms with Crippen LogP contribution in [0.2, 0.25) is 5.02 Å². The van der Waals surface area contributed by atoms with Crippen molar-refractivity contribution in [3.63, 3.8) is 0 Å². The zero-order chi connectivity index (χ0) is 23.4. The number of methoxy groups -OCH3 is 1. The first-order valence-electron chi connectivity index (χ1n) is 11.4. The van der Waals surface area contributed by atoms with E-state index >= 15 is 0 Å². The number of hydrogen-bond acceptors (Lipinski definition) is 6. The Morgan fingerprint density at radius 3 is 2.76 bits per heavy atom. The molecule has 0 aromatic heterocycles. The van der Waals surface area contributed by atoms with Crippen LogP contribution in [-0.4, -0.2) is 69.0 Å². The van der Waals surface area contributed by atoms with Crippen molar-refractivity contribution in [1.29, 1.82) is 0 Å². The largest absolute Gasteiger partial charge is 0.484 e. The third-order valence-electron chi connectivity index (χ3n) is 6.81. The van der Waals surface area contributed by atoms with E-state index < -0.39 is 5.82 Å². The standard InChI is InChI=1S/C23H31ClFN3O5/c1-31-6-7-32-16-3-5-19(26-12-16)22(30)28-23-9-14(10-23)20(11-23)27-21(29)13-33-15-2-4-17(24)18(25)8-15/h2,4,8,14,16,19-20,26H,3,5-7,9-13H2,1H3,(H,27,29)(H,28,30)/t14?,16?,19?,20-,23?/m0/s1. The summed E-state index contributed by atoms with van der Waals surface area (Å²) in [7, 11) is 1.64. The first-order valence-corrected chi connectivity index (χ1v) is 11.8. The smallest absolute Gasteiger partial charge is 0.258 e. The van der Waals surface area contributed by atoms with E-state index in [4.69, 9.17) is 25.8 Å². The molecule has 33 heavy (non-hydrogen) atoms. The predicted molar refractivity (Wildman–Crippen MR) is 120 cm³/mol. The summed E-state index contributed by atoms with van der Waals surface area (Å²) in [5.41, 5.74) is -0.243. The molecule has 1 aliphatic heterocycles. The van der Waals surface area contributed by atoms with Gasteiger partial charge in [0.2, 0.25) is 5.91 Å². The quantitative estimate of drug-likeness (QED) is 0.439. The summed E-state index contributed by atoms with van der Waals surface area (Å²) in [6, 6.07) is 3.84. The Morgan fingerprint density at radius 1 is 1.24 bits per heavy atom. The van der Waals surface area contributed by atoms with Gasteiger partial charge in [0.15, 0.2) is 6.61 Å². The van der Waals surface area contributed by atoms with Crippen LogP contribution in [0.3, 0.4) is 0 Å². The maximum absolute atomic E-state index is 13.5. The highest BCUT2D eigenvalue weighted by molar-refractivity contribution is 6.30. The predicted octanol–water partition coefficient (Wildman–Crippen LogP) is 1.80. The SMILES string of the molecule is COCCOC1CCC(C(=O)NC23CC(C2)[C@@H](NC(=O)COc2ccc(Cl)c(F)c2)C3)NC1. The highest BCUT2D eigenvalue weighted by Crippen LogP contribution is 2.52. The number of nitrogens with one attached hydrogen (secondary N) is 3. The summed E-state index contributed by atoms with van der Waals surface area (Å²) >= 11 is 5.65. The molecule has 1 saturated heterocycles. The van der Waals surface area contributed by atoms with Crippen LogP contribution in [0.15, 0.2) is 18.2 Å². The molecule has 182 valence electrons. The Morgan fingerprint density at radius 2 is 2.06 bits per heavy atom. The summed E-state index contributed by atoms with van der Waals surface area (Å²) < 4.78 is 29.6. The summed E-state index contributed by atoms with van der Waals surface area (Å²) in [5, 5.41) is 9.52. The Labute approximate surface area is 197 Å². The molecule has 4 fully saturated rings. The highest BCUT2D eigenvalue weighted by Gasteiger charge is 2.57. The van der Waals surface area contributed by atoms with Gasteiger partial charge in [-0.1, -0.05) is 11.6 Å². The second-order valence-electron chi connectivity index (χ2n) is 9.20. The van der Waals surface area contributed by atoms with E-state index in [0.717, 1.165) is 31.7 Å². The van der Waals surface area contributed by atoms with Gasteiger partial charge in [-0.3, -0.25) is 9.59 Å². The second kappa shape index (κ2) is 10.5. The van der Waals surface area contributed by atoms with Crippen LogP contribution in [0.25, 0.3) is 0 Å². The van der Waals surface area contributed by atoms with Gasteiger partial charge in [-0.25, -0.2) is 4.39 Å². The molecular formula is C23H31ClFN3O5. The molecule has 0 spiro atoms. The van der Waals surface area contributed by atoms with Crippen molar-refractivity contribution in [1.82, 2.24) is 16.0 Å². The average Bonchev–Trinajstić information content (AvgIpc) is 3.28. The number of carbonyl (C=O) groups is 2. The van der Waals surface area contributed by atoms with Gasteiger partial charge in [0, 0.05) is 31.3 Å². The molecule has 3 N–H and O–H groups in total. The number of ether oxygens (including phenoxy) is 3. The van der Waals surface area contributed by atoms with Crippen molar-refractivity contribution in [3.8, 4) is 5.75 Å². The lowest BCUT2D eigenvalue weighted by atomic mass is 9.76. The highest BCUT2D eigenvalue weighted by atomic mass is 35.5. The minimum absolute atomic E-state index is 0.00114. The van der Waals surface area contributed by atoms with Crippen LogP contribution in [0, 0.1) is 11.7 Å². The molecule has 3 saturated carbocycles. The van der Waals surface area contributed by atoms with Gasteiger partial charge in [-0.05, 0) is 50.2 Å². The molecule has 3 aliphatic carbocycles. The molecule has 2 bridgehead atoms. The average molecular weight is 484 g/mol. The molecule has 1 aromatic carbocycles. The van der Waals surface area contributed by atoms with E-state index in [1.165, 1.54) is 12.1 Å². The van der Waals surface area contributed by atoms with Crippen molar-refractivity contribution in [2.45, 2.75) is 55.8 Å². The molecule has 1 aromatic rings. The maximum Gasteiger partial charge on any atom is 0.258 e. The van der Waals surface area contributed by atoms with E-state index in [1.54, 1.807) is 7.11 Å². The van der Waals surface area contributed by atoms with Crippen LogP contribution in [0.1, 0.15) is 32.1 Å². The Bertz CT molecular complexity index is 858. The monoisotopic (exact) mass is 483 g/mol. The Kier molecular flexibility index (Phi) is 7.73. The van der Waals surface area contributed by atoms with E-state index in [0.29, 0.717) is 32.1 Å². The van der Waals surface area contributed by atoms with Crippen LogP contribution in [-0.2, 0) is 19.1 Å². The molecular weight excluding hydrogens is 453 g/mol. The summed E-state index contributed by atoms with van der Waals surface area (Å²) in [4.78, 5) is 25.1. The molecule has 10 heteroatoms. The number of rotatable bonds is 10. The van der Waals surface area contributed by atoms with Crippen molar-refractivity contribution in [2.75, 3.05) is 33.5 Å². The number of amides is 2. The summed E-state index contributed by atoms with van der Waals surface area (Å²) in [6.45, 7) is 1.56. The minimum atomic E-state index is -0.592. The summed E-state index contributed by atoms with van der Waals surface area (Å²) in [6.07, 6.45) is 4.10. The number of benzene rings is 1. The second-order valence-corrected chi connectivity index (χ2v) is 9.61. The first-order chi connectivity index (χ1) is 15.9. The fraction of sp³-hybridized carbons (Fsp3) is 0.652. The number of halogens is 2. The Hall–Kier alpha value is -1.94. The normalized spacial score (nSPS) is 30.4. The minimum Gasteiger partial charge on any atom is -0.484 e. The van der Waals surface area contributed by atoms with Gasteiger partial charge in [-0.15, -0.1) is 0 Å². The topological polar surface area (TPSA) is 97.9 Å². The number of hydrogen-bond donors (Lipinski definition) is 3. The van der Waals surface area contributed by atoms with Gasteiger partial charge in [0.25, 0.3) is 5.91 Å². The number of carbonyl (C=O) groups excluding carboxylic acids is 2. The fourth-order valence-electron chi connectivity index (χ4n) is 5.11. The third kappa shape index (κ3) is 5.95. The molecule has 4 aliphatic rings. The summed E-state index contributed by atoms with van der Waals surface area (Å²) in [5.74, 6) is -0.245. The van der Waals surface area contributed by atoms with Gasteiger partial charge in [0.05, 0.1) is 30.4 Å². The van der Waals surface area contributed by atoms with Gasteiger partial charge in [0.1, 0.15) is 11.6 Å². The molecule has 8 nitrogen and oxygen atoms in total. The van der Waals surface area contributed by atoms with E-state index in [9.17, 15) is 14.0 Å². The molecule has 2 unspecified atom stereocenters. The van der Waals surface area contributed by atoms with Gasteiger partial charge < -0.3 is 30.2 Å². The molecule has 1 heterocycles. The zero-order valence-corrected chi connectivity index (χ0v) is 19.5. The van der Waals surface area contributed by atoms with Crippen molar-refractivity contribution in [3.05, 3.63) is 29.0 Å². The van der Waals surface area contributed by atoms with E-state index in [2.05, 4.69) is 16.0 Å². The lowest BCUT2D eigenvalue weighted by Crippen LogP contribution is -2.58.